The Morgan fingerprint density at radius 2 is 1.50 bits per heavy atom. The minimum absolute atomic E-state index is 1.35. The third kappa shape index (κ3) is 5.66. The van der Waals surface area contributed by atoms with Crippen molar-refractivity contribution in [3.63, 3.8) is 0 Å². The van der Waals surface area contributed by atoms with Crippen molar-refractivity contribution in [2.75, 3.05) is 0 Å². The van der Waals surface area contributed by atoms with Gasteiger partial charge in [-0.05, 0) is 12.1 Å². The summed E-state index contributed by atoms with van der Waals surface area (Å²) < 4.78 is 86.7. The molecule has 1 aromatic rings. The van der Waals surface area contributed by atoms with Gasteiger partial charge in [-0.15, -0.1) is 0 Å². The summed E-state index contributed by atoms with van der Waals surface area (Å²) in [5.74, 6) is 0. The van der Waals surface area contributed by atoms with Crippen molar-refractivity contribution in [2.45, 2.75) is 17.5 Å². The van der Waals surface area contributed by atoms with E-state index < -0.39 is 27.7 Å². The van der Waals surface area contributed by atoms with Gasteiger partial charge in [-0.25, -0.2) is 8.42 Å². The highest BCUT2D eigenvalue weighted by Crippen LogP contribution is 2.35. The van der Waals surface area contributed by atoms with E-state index in [1.165, 1.54) is 5.30 Å². The molecule has 1 rings (SSSR count). The lowest BCUT2D eigenvalue weighted by atomic mass is 10.4. The molecule has 0 aliphatic rings. The van der Waals surface area contributed by atoms with E-state index in [1.807, 2.05) is 27.4 Å². The van der Waals surface area contributed by atoms with E-state index in [-0.39, 0.29) is 0 Å². The zero-order valence-corrected chi connectivity index (χ0v) is 11.9. The van der Waals surface area contributed by atoms with Crippen LogP contribution in [0, 0.1) is 0 Å². The molecule has 0 aliphatic carbocycles. The first kappa shape index (κ1) is 19.2. The molecule has 1 aromatic carbocycles. The molecule has 11 heteroatoms. The number of aliphatic hydroxyl groups excluding tert-OH is 1. The number of aliphatic hydroxyl groups is 1. The van der Waals surface area contributed by atoms with E-state index in [1.54, 1.807) is 0 Å². The maximum atomic E-state index is 11.9. The van der Waals surface area contributed by atoms with E-state index in [2.05, 4.69) is 12.1 Å². The van der Waals surface area contributed by atoms with Gasteiger partial charge in [0.1, 0.15) is 0 Å². The minimum Gasteiger partial charge on any atom is -0.743 e. The molecule has 4 nitrogen and oxygen atoms in total. The van der Waals surface area contributed by atoms with Crippen LogP contribution in [0.2, 0.25) is 0 Å². The van der Waals surface area contributed by atoms with Gasteiger partial charge in [-0.1, -0.05) is 18.2 Å². The lowest BCUT2D eigenvalue weighted by molar-refractivity contribution is -0.248. The Labute approximate surface area is 113 Å². The van der Waals surface area contributed by atoms with Crippen LogP contribution in [0.1, 0.15) is 0 Å². The molecular weight excluding hydrogens is 330 g/mol. The van der Waals surface area contributed by atoms with Gasteiger partial charge in [0.2, 0.25) is 6.10 Å². The third-order valence-corrected chi connectivity index (χ3v) is 3.17. The van der Waals surface area contributed by atoms with Crippen LogP contribution in [-0.2, 0) is 10.1 Å². The molecule has 0 spiro atoms. The van der Waals surface area contributed by atoms with Gasteiger partial charge in [0.15, 0.2) is 10.1 Å². The van der Waals surface area contributed by atoms with E-state index in [0.717, 1.165) is 0 Å². The summed E-state index contributed by atoms with van der Waals surface area (Å²) in [6, 6.07) is 10.3. The second-order valence-corrected chi connectivity index (χ2v) is 5.71. The molecule has 20 heavy (non-hydrogen) atoms. The molecule has 0 aliphatic heterocycles. The largest absolute Gasteiger partial charge is 0.743 e. The molecule has 0 heterocycles. The molecule has 2 unspecified atom stereocenters. The average molecular weight is 340 g/mol. The van der Waals surface area contributed by atoms with E-state index >= 15 is 0 Å². The van der Waals surface area contributed by atoms with Gasteiger partial charge in [0.05, 0.1) is 5.30 Å². The second kappa shape index (κ2) is 6.75. The van der Waals surface area contributed by atoms with Crippen LogP contribution in [0.4, 0.5) is 22.0 Å². The Balaban J connectivity index is 0.000000428. The predicted octanol–water partition coefficient (Wildman–Crippen LogP) is 0.967. The van der Waals surface area contributed by atoms with Crippen LogP contribution < -0.4 is 5.30 Å². The van der Waals surface area contributed by atoms with Crippen LogP contribution in [0.25, 0.3) is 0 Å². The molecule has 0 saturated carbocycles. The van der Waals surface area contributed by atoms with Crippen LogP contribution in [0.3, 0.4) is 0 Å². The Kier molecular flexibility index (Phi) is 6.47. The van der Waals surface area contributed by atoms with Gasteiger partial charge < -0.3 is 9.66 Å². The number of rotatable bonds is 2. The summed E-state index contributed by atoms with van der Waals surface area (Å²) in [6.07, 6.45) is -10.4. The fraction of sp³-hybridized carbons (Fsp3) is 0.333. The first-order valence-electron chi connectivity index (χ1n) is 4.75. The molecule has 2 atom stereocenters. The van der Waals surface area contributed by atoms with Crippen LogP contribution in [-0.4, -0.2) is 35.6 Å². The normalized spacial score (nSPS) is 14.3. The summed E-state index contributed by atoms with van der Waals surface area (Å²) in [7, 11) is -4.64. The van der Waals surface area contributed by atoms with Gasteiger partial charge >= 0.3 is 11.4 Å². The summed E-state index contributed by atoms with van der Waals surface area (Å²) in [5, 5.41) is 3.37. The number of halogens is 5. The summed E-state index contributed by atoms with van der Waals surface area (Å²) in [5.41, 5.74) is 0. The van der Waals surface area contributed by atoms with Crippen molar-refractivity contribution in [1.29, 1.82) is 0 Å². The molecular formula is C9H10F5O4PS. The second-order valence-electron chi connectivity index (χ2n) is 3.45. The standard InChI is InChI=1S/C6H7P.C3H3F5O4S/c7-6-4-2-1-3-5-6;4-2(5,6)1(9)3(7,8)13(10,11)12/h1-5H,7H2;1,9H,(H,10,11,12). The number of benzene rings is 1. The van der Waals surface area contributed by atoms with Gasteiger partial charge in [-0.2, -0.15) is 22.0 Å². The lowest BCUT2D eigenvalue weighted by Crippen LogP contribution is -2.49. The zero-order chi connectivity index (χ0) is 16.2. The summed E-state index contributed by atoms with van der Waals surface area (Å²) in [4.78, 5) is 0. The third-order valence-electron chi connectivity index (χ3n) is 1.80. The van der Waals surface area contributed by atoms with Crippen molar-refractivity contribution in [3.8, 4) is 0 Å². The maximum absolute atomic E-state index is 11.9. The first-order chi connectivity index (χ1) is 8.80. The van der Waals surface area contributed by atoms with Gasteiger partial charge in [0.25, 0.3) is 0 Å². The Bertz CT molecular complexity index is 517. The van der Waals surface area contributed by atoms with E-state index in [0.29, 0.717) is 0 Å². The summed E-state index contributed by atoms with van der Waals surface area (Å²) >= 11 is 0. The molecule has 0 saturated heterocycles. The predicted molar refractivity (Wildman–Crippen MR) is 63.9 cm³/mol. The highest BCUT2D eigenvalue weighted by Gasteiger charge is 2.59. The average Bonchev–Trinajstić information content (AvgIpc) is 2.27. The smallest absolute Gasteiger partial charge is 0.421 e. The number of hydrogen-bond acceptors (Lipinski definition) is 4. The fourth-order valence-electron chi connectivity index (χ4n) is 0.805. The van der Waals surface area contributed by atoms with Crippen molar-refractivity contribution in [2.24, 2.45) is 0 Å². The molecule has 0 aromatic heterocycles. The monoisotopic (exact) mass is 340 g/mol. The number of hydrogen-bond donors (Lipinski definition) is 1. The van der Waals surface area contributed by atoms with E-state index in [9.17, 15) is 34.9 Å². The topological polar surface area (TPSA) is 77.4 Å². The fourth-order valence-corrected chi connectivity index (χ4v) is 1.48. The minimum atomic E-state index is -6.54. The number of alkyl halides is 5. The van der Waals surface area contributed by atoms with Crippen LogP contribution in [0.5, 0.6) is 0 Å². The van der Waals surface area contributed by atoms with Gasteiger partial charge in [0, 0.05) is 9.24 Å². The van der Waals surface area contributed by atoms with Gasteiger partial charge in [-0.3, -0.25) is 0 Å². The zero-order valence-electron chi connectivity index (χ0n) is 9.64. The molecule has 1 N–H and O–H groups in total. The van der Waals surface area contributed by atoms with Crippen molar-refractivity contribution in [1.82, 2.24) is 0 Å². The molecule has 0 bridgehead atoms. The molecule has 0 fully saturated rings. The summed E-state index contributed by atoms with van der Waals surface area (Å²) in [6.45, 7) is 0. The molecule has 0 radical (unpaired) electrons. The highest BCUT2D eigenvalue weighted by atomic mass is 32.2. The first-order valence-corrected chi connectivity index (χ1v) is 6.86. The van der Waals surface area contributed by atoms with Crippen molar-refractivity contribution < 1.29 is 40.0 Å². The Morgan fingerprint density at radius 1 is 1.10 bits per heavy atom. The maximum Gasteiger partial charge on any atom is 0.421 e. The van der Waals surface area contributed by atoms with Crippen molar-refractivity contribution in [3.05, 3.63) is 30.3 Å². The lowest BCUT2D eigenvalue weighted by Gasteiger charge is -2.26. The molecule has 116 valence electrons. The highest BCUT2D eigenvalue weighted by molar-refractivity contribution is 7.86. The molecule has 0 amide bonds. The Morgan fingerprint density at radius 3 is 1.65 bits per heavy atom. The van der Waals surface area contributed by atoms with Crippen molar-refractivity contribution >= 4 is 24.7 Å². The van der Waals surface area contributed by atoms with Crippen LogP contribution in [0.15, 0.2) is 30.3 Å². The quantitative estimate of drug-likeness (QED) is 0.494. The Hall–Kier alpha value is -0.830. The van der Waals surface area contributed by atoms with E-state index in [4.69, 9.17) is 5.11 Å². The SMILES string of the molecule is O=S(=O)([O-])C(F)(F)C(O)C(F)(F)F.[PH3+]c1ccccc1. The van der Waals surface area contributed by atoms with Crippen LogP contribution >= 0.6 is 9.24 Å².